The predicted octanol–water partition coefficient (Wildman–Crippen LogP) is 0.967. The maximum Gasteiger partial charge on any atom is 0.137 e. The zero-order chi connectivity index (χ0) is 9.40. The molecule has 3 nitrogen and oxygen atoms in total. The highest BCUT2D eigenvalue weighted by atomic mass is 16.5. The van der Waals surface area contributed by atoms with Gasteiger partial charge in [0.2, 0.25) is 0 Å². The highest BCUT2D eigenvalue weighted by molar-refractivity contribution is 5.80. The Morgan fingerprint density at radius 2 is 2.17 bits per heavy atom. The Bertz CT molecular complexity index is 126. The molecule has 0 amide bonds. The molecule has 3 heteroatoms. The number of ether oxygens (including phenoxy) is 1. The van der Waals surface area contributed by atoms with Crippen molar-refractivity contribution in [2.75, 3.05) is 19.8 Å². The summed E-state index contributed by atoms with van der Waals surface area (Å²) in [5, 5.41) is 0. The van der Waals surface area contributed by atoms with Crippen LogP contribution in [-0.4, -0.2) is 25.5 Å². The van der Waals surface area contributed by atoms with Crippen molar-refractivity contribution in [1.29, 1.82) is 0 Å². The van der Waals surface area contributed by atoms with E-state index in [0.717, 1.165) is 6.42 Å². The second-order valence-electron chi connectivity index (χ2n) is 2.93. The highest BCUT2D eigenvalue weighted by Gasteiger charge is 2.09. The van der Waals surface area contributed by atoms with E-state index in [-0.39, 0.29) is 11.7 Å². The van der Waals surface area contributed by atoms with E-state index in [9.17, 15) is 4.79 Å². The molecule has 1 unspecified atom stereocenters. The smallest absolute Gasteiger partial charge is 0.137 e. The molecule has 0 radical (unpaired) electrons. The summed E-state index contributed by atoms with van der Waals surface area (Å²) in [4.78, 5) is 11.2. The first kappa shape index (κ1) is 11.6. The number of hydrogen-bond donors (Lipinski definition) is 1. The zero-order valence-electron chi connectivity index (χ0n) is 8.01. The van der Waals surface area contributed by atoms with E-state index in [1.807, 2.05) is 13.8 Å². The zero-order valence-corrected chi connectivity index (χ0v) is 8.01. The first-order chi connectivity index (χ1) is 5.72. The van der Waals surface area contributed by atoms with Crippen LogP contribution in [0.2, 0.25) is 0 Å². The van der Waals surface area contributed by atoms with E-state index < -0.39 is 0 Å². The van der Waals surface area contributed by atoms with Crippen molar-refractivity contribution in [3.05, 3.63) is 0 Å². The van der Waals surface area contributed by atoms with Crippen molar-refractivity contribution < 1.29 is 9.53 Å². The number of rotatable bonds is 7. The number of ketones is 1. The standard InChI is InChI=1S/C9H19NO2/c1-3-8(2)9(11)4-6-12-7-5-10/h8H,3-7,10H2,1-2H3. The second kappa shape index (κ2) is 7.25. The van der Waals surface area contributed by atoms with E-state index in [2.05, 4.69) is 0 Å². The number of carbonyl (C=O) groups is 1. The SMILES string of the molecule is CCC(C)C(=O)CCOCCN. The van der Waals surface area contributed by atoms with Crippen molar-refractivity contribution in [3.8, 4) is 0 Å². The van der Waals surface area contributed by atoms with Gasteiger partial charge >= 0.3 is 0 Å². The molecule has 0 bridgehead atoms. The molecule has 0 aliphatic rings. The fourth-order valence-electron chi connectivity index (χ4n) is 0.832. The van der Waals surface area contributed by atoms with Gasteiger partial charge in [0, 0.05) is 18.9 Å². The minimum atomic E-state index is 0.173. The summed E-state index contributed by atoms with van der Waals surface area (Å²) in [6, 6.07) is 0. The Balaban J connectivity index is 3.31. The lowest BCUT2D eigenvalue weighted by atomic mass is 10.0. The van der Waals surface area contributed by atoms with E-state index in [0.29, 0.717) is 26.2 Å². The van der Waals surface area contributed by atoms with Gasteiger partial charge in [-0.15, -0.1) is 0 Å². The Kier molecular flexibility index (Phi) is 7.00. The maximum atomic E-state index is 11.2. The van der Waals surface area contributed by atoms with Gasteiger partial charge in [-0.3, -0.25) is 4.79 Å². The molecule has 0 aromatic heterocycles. The van der Waals surface area contributed by atoms with Crippen LogP contribution in [0.3, 0.4) is 0 Å². The van der Waals surface area contributed by atoms with Crippen molar-refractivity contribution in [3.63, 3.8) is 0 Å². The Morgan fingerprint density at radius 3 is 2.67 bits per heavy atom. The van der Waals surface area contributed by atoms with Crippen molar-refractivity contribution >= 4 is 5.78 Å². The lowest BCUT2D eigenvalue weighted by Gasteiger charge is -2.06. The number of nitrogens with two attached hydrogens (primary N) is 1. The monoisotopic (exact) mass is 173 g/mol. The van der Waals surface area contributed by atoms with Crippen molar-refractivity contribution in [1.82, 2.24) is 0 Å². The van der Waals surface area contributed by atoms with Crippen LogP contribution in [0.25, 0.3) is 0 Å². The van der Waals surface area contributed by atoms with Crippen LogP contribution in [0.4, 0.5) is 0 Å². The Morgan fingerprint density at radius 1 is 1.50 bits per heavy atom. The fourth-order valence-corrected chi connectivity index (χ4v) is 0.832. The van der Waals surface area contributed by atoms with Crippen LogP contribution in [0.1, 0.15) is 26.7 Å². The van der Waals surface area contributed by atoms with Gasteiger partial charge in [0.15, 0.2) is 0 Å². The normalized spacial score (nSPS) is 12.9. The lowest BCUT2D eigenvalue weighted by Crippen LogP contribution is -2.15. The molecule has 0 aromatic carbocycles. The van der Waals surface area contributed by atoms with Gasteiger partial charge in [-0.25, -0.2) is 0 Å². The molecule has 0 aromatic rings. The average Bonchev–Trinajstić information content (AvgIpc) is 2.10. The van der Waals surface area contributed by atoms with E-state index in [4.69, 9.17) is 10.5 Å². The minimum Gasteiger partial charge on any atom is -0.380 e. The van der Waals surface area contributed by atoms with Crippen LogP contribution in [0.5, 0.6) is 0 Å². The van der Waals surface area contributed by atoms with Gasteiger partial charge in [0.05, 0.1) is 13.2 Å². The summed E-state index contributed by atoms with van der Waals surface area (Å²) in [6.45, 7) is 5.56. The van der Waals surface area contributed by atoms with E-state index >= 15 is 0 Å². The fraction of sp³-hybridized carbons (Fsp3) is 0.889. The summed E-state index contributed by atoms with van der Waals surface area (Å²) in [5.74, 6) is 0.459. The van der Waals surface area contributed by atoms with E-state index in [1.165, 1.54) is 0 Å². The van der Waals surface area contributed by atoms with Crippen molar-refractivity contribution in [2.24, 2.45) is 11.7 Å². The lowest BCUT2D eigenvalue weighted by molar-refractivity contribution is -0.123. The molecule has 72 valence electrons. The Hall–Kier alpha value is -0.410. The molecule has 0 saturated carbocycles. The molecule has 0 saturated heterocycles. The first-order valence-electron chi connectivity index (χ1n) is 4.52. The topological polar surface area (TPSA) is 52.3 Å². The number of Topliss-reactive ketones (excluding diaryl/α,β-unsaturated/α-hetero) is 1. The molecular formula is C9H19NO2. The predicted molar refractivity (Wildman–Crippen MR) is 49.0 cm³/mol. The first-order valence-corrected chi connectivity index (χ1v) is 4.52. The third-order valence-electron chi connectivity index (χ3n) is 1.92. The average molecular weight is 173 g/mol. The van der Waals surface area contributed by atoms with Gasteiger partial charge in [-0.1, -0.05) is 13.8 Å². The second-order valence-corrected chi connectivity index (χ2v) is 2.93. The largest absolute Gasteiger partial charge is 0.380 e. The molecule has 0 aliphatic heterocycles. The third kappa shape index (κ3) is 5.27. The summed E-state index contributed by atoms with van der Waals surface area (Å²) in [6.07, 6.45) is 1.44. The molecule has 1 atom stereocenters. The summed E-state index contributed by atoms with van der Waals surface area (Å²) < 4.78 is 5.10. The van der Waals surface area contributed by atoms with Gasteiger partial charge in [-0.2, -0.15) is 0 Å². The van der Waals surface area contributed by atoms with Gasteiger partial charge < -0.3 is 10.5 Å². The van der Waals surface area contributed by atoms with Gasteiger partial charge in [0.25, 0.3) is 0 Å². The Labute approximate surface area is 74.3 Å². The summed E-state index contributed by atoms with van der Waals surface area (Å²) in [7, 11) is 0. The third-order valence-corrected chi connectivity index (χ3v) is 1.92. The molecule has 2 N–H and O–H groups in total. The van der Waals surface area contributed by atoms with Crippen LogP contribution < -0.4 is 5.73 Å². The molecule has 0 aliphatic carbocycles. The van der Waals surface area contributed by atoms with Crippen LogP contribution in [0.15, 0.2) is 0 Å². The maximum absolute atomic E-state index is 11.2. The van der Waals surface area contributed by atoms with Crippen molar-refractivity contribution in [2.45, 2.75) is 26.7 Å². The van der Waals surface area contributed by atoms with Crippen LogP contribution >= 0.6 is 0 Å². The quantitative estimate of drug-likeness (QED) is 0.583. The van der Waals surface area contributed by atoms with Crippen LogP contribution in [-0.2, 0) is 9.53 Å². The van der Waals surface area contributed by atoms with Gasteiger partial charge in [0.1, 0.15) is 5.78 Å². The van der Waals surface area contributed by atoms with Crippen LogP contribution in [0, 0.1) is 5.92 Å². The minimum absolute atomic E-state index is 0.173. The molecule has 0 heterocycles. The molecule has 0 rings (SSSR count). The summed E-state index contributed by atoms with van der Waals surface area (Å²) in [5.41, 5.74) is 5.22. The van der Waals surface area contributed by atoms with E-state index in [1.54, 1.807) is 0 Å². The highest BCUT2D eigenvalue weighted by Crippen LogP contribution is 2.04. The molecular weight excluding hydrogens is 154 g/mol. The summed E-state index contributed by atoms with van der Waals surface area (Å²) >= 11 is 0. The molecule has 0 fully saturated rings. The molecule has 0 spiro atoms. The number of hydrogen-bond acceptors (Lipinski definition) is 3. The van der Waals surface area contributed by atoms with Gasteiger partial charge in [-0.05, 0) is 6.42 Å². The molecule has 12 heavy (non-hydrogen) atoms. The number of carbonyl (C=O) groups excluding carboxylic acids is 1.